The summed E-state index contributed by atoms with van der Waals surface area (Å²) in [6, 6.07) is 5.09. The maximum atomic E-state index is 12.5. The first-order valence-electron chi connectivity index (χ1n) is 9.24. The maximum Gasteiger partial charge on any atom is 0.422 e. The van der Waals surface area contributed by atoms with Crippen molar-refractivity contribution in [2.75, 3.05) is 51.3 Å². The van der Waals surface area contributed by atoms with Crippen molar-refractivity contribution in [2.45, 2.75) is 19.6 Å². The summed E-state index contributed by atoms with van der Waals surface area (Å²) in [5.41, 5.74) is 1.39. The van der Waals surface area contributed by atoms with E-state index in [1.165, 1.54) is 0 Å². The average Bonchev–Trinajstić information content (AvgIpc) is 2.64. The van der Waals surface area contributed by atoms with Gasteiger partial charge in [0, 0.05) is 45.3 Å². The van der Waals surface area contributed by atoms with E-state index in [2.05, 4.69) is 20.5 Å². The molecule has 1 fully saturated rings. The van der Waals surface area contributed by atoms with E-state index in [0.717, 1.165) is 5.56 Å². The molecule has 0 unspecified atom stereocenters. The Balaban J connectivity index is 1.83. The van der Waals surface area contributed by atoms with Gasteiger partial charge in [0.25, 0.3) is 0 Å². The standard InChI is InChI=1S/C18H27F3N4O3S/c1-14-3-4-15(16(11-14)28-13-18(19,20)21)12-24-17(22-2)23-5-6-25-7-9-29(26,27)10-8-25/h3-4,11H,5-10,12-13H2,1-2H3,(H2,22,23,24). The summed E-state index contributed by atoms with van der Waals surface area (Å²) >= 11 is 0. The van der Waals surface area contributed by atoms with Crippen molar-refractivity contribution in [3.05, 3.63) is 29.3 Å². The van der Waals surface area contributed by atoms with Gasteiger partial charge < -0.3 is 15.4 Å². The van der Waals surface area contributed by atoms with Gasteiger partial charge in [0.1, 0.15) is 5.75 Å². The summed E-state index contributed by atoms with van der Waals surface area (Å²) in [6.45, 7) is 2.94. The molecule has 2 N–H and O–H groups in total. The van der Waals surface area contributed by atoms with E-state index in [-0.39, 0.29) is 23.8 Å². The second-order valence-electron chi connectivity index (χ2n) is 6.86. The van der Waals surface area contributed by atoms with Gasteiger partial charge in [-0.05, 0) is 18.6 Å². The molecule has 0 amide bonds. The van der Waals surface area contributed by atoms with E-state index in [1.807, 2.05) is 0 Å². The molecule has 7 nitrogen and oxygen atoms in total. The third kappa shape index (κ3) is 8.48. The molecule has 0 spiro atoms. The van der Waals surface area contributed by atoms with E-state index >= 15 is 0 Å². The topological polar surface area (TPSA) is 83.0 Å². The monoisotopic (exact) mass is 436 g/mol. The largest absolute Gasteiger partial charge is 0.484 e. The lowest BCUT2D eigenvalue weighted by molar-refractivity contribution is -0.153. The predicted molar refractivity (Wildman–Crippen MR) is 106 cm³/mol. The molecular weight excluding hydrogens is 409 g/mol. The number of nitrogens with zero attached hydrogens (tertiary/aromatic N) is 2. The third-order valence-electron chi connectivity index (χ3n) is 4.44. The fourth-order valence-electron chi connectivity index (χ4n) is 2.81. The van der Waals surface area contributed by atoms with E-state index in [1.54, 1.807) is 32.2 Å². The van der Waals surface area contributed by atoms with E-state index < -0.39 is 22.6 Å². The number of halogens is 3. The van der Waals surface area contributed by atoms with Crippen LogP contribution in [0.5, 0.6) is 5.75 Å². The number of guanidine groups is 1. The molecule has 0 aromatic heterocycles. The Kier molecular flexibility index (Phi) is 8.14. The number of aliphatic imine (C=N–C) groups is 1. The van der Waals surface area contributed by atoms with Crippen LogP contribution in [-0.2, 0) is 16.4 Å². The number of hydrogen-bond donors (Lipinski definition) is 2. The van der Waals surface area contributed by atoms with Crippen LogP contribution in [0.2, 0.25) is 0 Å². The predicted octanol–water partition coefficient (Wildman–Crippen LogP) is 1.33. The normalized spacial score (nSPS) is 17.8. The minimum absolute atomic E-state index is 0.175. The fraction of sp³-hybridized carbons (Fsp3) is 0.611. The smallest absolute Gasteiger partial charge is 0.422 e. The highest BCUT2D eigenvalue weighted by molar-refractivity contribution is 7.91. The maximum absolute atomic E-state index is 12.5. The zero-order chi connectivity index (χ0) is 21.5. The van der Waals surface area contributed by atoms with Crippen molar-refractivity contribution in [1.29, 1.82) is 0 Å². The molecule has 0 bridgehead atoms. The Morgan fingerprint density at radius 2 is 1.93 bits per heavy atom. The lowest BCUT2D eigenvalue weighted by atomic mass is 10.1. The number of rotatable bonds is 7. The highest BCUT2D eigenvalue weighted by atomic mass is 32.2. The van der Waals surface area contributed by atoms with Crippen molar-refractivity contribution in [3.8, 4) is 5.75 Å². The lowest BCUT2D eigenvalue weighted by Gasteiger charge is -2.26. The SMILES string of the molecule is CN=C(NCCN1CCS(=O)(=O)CC1)NCc1ccc(C)cc1OCC(F)(F)F. The Bertz CT molecular complexity index is 799. The number of sulfone groups is 1. The van der Waals surface area contributed by atoms with Gasteiger partial charge in [0.05, 0.1) is 11.5 Å². The van der Waals surface area contributed by atoms with Crippen LogP contribution in [0.4, 0.5) is 13.2 Å². The van der Waals surface area contributed by atoms with E-state index in [4.69, 9.17) is 4.74 Å². The van der Waals surface area contributed by atoms with Crippen LogP contribution in [0.1, 0.15) is 11.1 Å². The second-order valence-corrected chi connectivity index (χ2v) is 9.16. The summed E-state index contributed by atoms with van der Waals surface area (Å²) in [5.74, 6) is 1.03. The molecule has 2 rings (SSSR count). The number of ether oxygens (including phenoxy) is 1. The minimum atomic E-state index is -4.40. The molecule has 1 aliphatic rings. The zero-order valence-corrected chi connectivity index (χ0v) is 17.4. The van der Waals surface area contributed by atoms with Crippen LogP contribution >= 0.6 is 0 Å². The number of benzene rings is 1. The molecule has 1 aliphatic heterocycles. The van der Waals surface area contributed by atoms with Crippen molar-refractivity contribution in [2.24, 2.45) is 4.99 Å². The molecule has 0 radical (unpaired) electrons. The molecule has 1 aromatic carbocycles. The Labute approximate surface area is 169 Å². The summed E-state index contributed by atoms with van der Waals surface area (Å²) in [4.78, 5) is 6.16. The fourth-order valence-corrected chi connectivity index (χ4v) is 4.08. The summed E-state index contributed by atoms with van der Waals surface area (Å²) in [5, 5.41) is 6.18. The van der Waals surface area contributed by atoms with Crippen molar-refractivity contribution < 1.29 is 26.3 Å². The number of hydrogen-bond acceptors (Lipinski definition) is 5. The summed E-state index contributed by atoms with van der Waals surface area (Å²) in [7, 11) is -1.31. The highest BCUT2D eigenvalue weighted by Gasteiger charge is 2.28. The van der Waals surface area contributed by atoms with Crippen LogP contribution < -0.4 is 15.4 Å². The van der Waals surface area contributed by atoms with E-state index in [0.29, 0.717) is 37.7 Å². The van der Waals surface area contributed by atoms with Crippen molar-refractivity contribution >= 4 is 15.8 Å². The summed E-state index contributed by atoms with van der Waals surface area (Å²) in [6.07, 6.45) is -4.40. The second kappa shape index (κ2) is 10.1. The number of alkyl halides is 3. The number of aryl methyl sites for hydroxylation is 1. The average molecular weight is 437 g/mol. The lowest BCUT2D eigenvalue weighted by Crippen LogP contribution is -2.45. The van der Waals surface area contributed by atoms with Crippen LogP contribution in [0.15, 0.2) is 23.2 Å². The minimum Gasteiger partial charge on any atom is -0.484 e. The van der Waals surface area contributed by atoms with Crippen LogP contribution in [0, 0.1) is 6.92 Å². The van der Waals surface area contributed by atoms with Crippen molar-refractivity contribution in [3.63, 3.8) is 0 Å². The van der Waals surface area contributed by atoms with Gasteiger partial charge in [-0.2, -0.15) is 13.2 Å². The van der Waals surface area contributed by atoms with Gasteiger partial charge in [-0.3, -0.25) is 9.89 Å². The van der Waals surface area contributed by atoms with Crippen LogP contribution in [0.3, 0.4) is 0 Å². The van der Waals surface area contributed by atoms with Crippen LogP contribution in [0.25, 0.3) is 0 Å². The molecule has 0 aliphatic carbocycles. The molecule has 1 saturated heterocycles. The van der Waals surface area contributed by atoms with Gasteiger partial charge in [-0.15, -0.1) is 0 Å². The molecule has 11 heteroatoms. The molecule has 1 heterocycles. The Morgan fingerprint density at radius 1 is 1.24 bits per heavy atom. The quantitative estimate of drug-likeness (QED) is 0.496. The molecule has 0 atom stereocenters. The first-order valence-corrected chi connectivity index (χ1v) is 11.1. The van der Waals surface area contributed by atoms with Crippen molar-refractivity contribution in [1.82, 2.24) is 15.5 Å². The van der Waals surface area contributed by atoms with Gasteiger partial charge in [0.15, 0.2) is 22.4 Å². The van der Waals surface area contributed by atoms with Gasteiger partial charge >= 0.3 is 6.18 Å². The first-order chi connectivity index (χ1) is 13.6. The molecule has 164 valence electrons. The highest BCUT2D eigenvalue weighted by Crippen LogP contribution is 2.23. The first kappa shape index (κ1) is 23.3. The summed E-state index contributed by atoms with van der Waals surface area (Å²) < 4.78 is 65.3. The molecule has 29 heavy (non-hydrogen) atoms. The zero-order valence-electron chi connectivity index (χ0n) is 16.6. The van der Waals surface area contributed by atoms with Gasteiger partial charge in [-0.25, -0.2) is 8.42 Å². The Morgan fingerprint density at radius 3 is 2.55 bits per heavy atom. The third-order valence-corrected chi connectivity index (χ3v) is 6.05. The molecule has 0 saturated carbocycles. The molecular formula is C18H27F3N4O3S. The van der Waals surface area contributed by atoms with E-state index in [9.17, 15) is 21.6 Å². The number of nitrogens with one attached hydrogen (secondary N) is 2. The molecule has 1 aromatic rings. The Hall–Kier alpha value is -2.01. The van der Waals surface area contributed by atoms with Gasteiger partial charge in [-0.1, -0.05) is 12.1 Å². The van der Waals surface area contributed by atoms with Crippen LogP contribution in [-0.4, -0.2) is 76.8 Å². The van der Waals surface area contributed by atoms with Gasteiger partial charge in [0.2, 0.25) is 0 Å².